The largest absolute Gasteiger partial charge is 0.368 e. The first kappa shape index (κ1) is 23.6. The minimum absolute atomic E-state index is 0.167. The van der Waals surface area contributed by atoms with Crippen molar-refractivity contribution in [3.8, 4) is 0 Å². The van der Waals surface area contributed by atoms with E-state index < -0.39 is 5.91 Å². The summed E-state index contributed by atoms with van der Waals surface area (Å²) in [6.07, 6.45) is 7.54. The number of nitrogens with two attached hydrogens (primary N) is 1. The van der Waals surface area contributed by atoms with Crippen LogP contribution in [-0.4, -0.2) is 18.4 Å². The maximum absolute atomic E-state index is 11.7. The molecule has 3 N–H and O–H groups in total. The highest BCUT2D eigenvalue weighted by Gasteiger charge is 2.06. The van der Waals surface area contributed by atoms with Gasteiger partial charge in [-0.3, -0.25) is 9.59 Å². The van der Waals surface area contributed by atoms with Gasteiger partial charge < -0.3 is 11.1 Å². The maximum atomic E-state index is 11.7. The lowest BCUT2D eigenvalue weighted by Crippen LogP contribution is -2.33. The third kappa shape index (κ3) is 9.41. The van der Waals surface area contributed by atoms with Crippen LogP contribution in [0.1, 0.15) is 50.5 Å². The molecule has 4 heteroatoms. The number of rotatable bonds is 6. The highest BCUT2D eigenvalue weighted by Crippen LogP contribution is 2.16. The van der Waals surface area contributed by atoms with Crippen LogP contribution in [0.15, 0.2) is 55.1 Å². The molecule has 0 atom stereocenters. The Balaban J connectivity index is 0. The van der Waals surface area contributed by atoms with Gasteiger partial charge in [-0.05, 0) is 30.2 Å². The Hall–Kier alpha value is -2.62. The Labute approximate surface area is 146 Å². The lowest BCUT2D eigenvalue weighted by molar-refractivity contribution is -0.117. The quantitative estimate of drug-likeness (QED) is 0.771. The summed E-state index contributed by atoms with van der Waals surface area (Å²) in [5, 5.41) is 2.44. The van der Waals surface area contributed by atoms with Gasteiger partial charge in [-0.2, -0.15) is 0 Å². The van der Waals surface area contributed by atoms with Crippen molar-refractivity contribution in [2.75, 3.05) is 6.54 Å². The number of primary amides is 1. The van der Waals surface area contributed by atoms with Crippen molar-refractivity contribution in [1.82, 2.24) is 5.32 Å². The second-order valence-corrected chi connectivity index (χ2v) is 4.08. The number of carbonyl (C=O) groups is 2. The monoisotopic (exact) mass is 330 g/mol. The number of benzene rings is 1. The van der Waals surface area contributed by atoms with Gasteiger partial charge in [0.05, 0.1) is 6.54 Å². The smallest absolute Gasteiger partial charge is 0.251 e. The van der Waals surface area contributed by atoms with Crippen molar-refractivity contribution in [3.05, 3.63) is 66.3 Å². The van der Waals surface area contributed by atoms with Gasteiger partial charge in [0.1, 0.15) is 0 Å². The number of carbonyl (C=O) groups excluding carboxylic acids is 2. The number of nitrogens with one attached hydrogen (secondary N) is 1. The lowest BCUT2D eigenvalue weighted by Gasteiger charge is -2.05. The predicted molar refractivity (Wildman–Crippen MR) is 104 cm³/mol. The van der Waals surface area contributed by atoms with E-state index in [2.05, 4.69) is 11.9 Å². The number of hydrogen-bond acceptors (Lipinski definition) is 2. The molecular formula is C20H30N2O2. The zero-order valence-corrected chi connectivity index (χ0v) is 15.4. The average molecular weight is 330 g/mol. The normalized spacial score (nSPS) is 9.96. The van der Waals surface area contributed by atoms with E-state index in [9.17, 15) is 9.59 Å². The maximum Gasteiger partial charge on any atom is 0.251 e. The molecule has 132 valence electrons. The third-order valence-corrected chi connectivity index (χ3v) is 2.59. The topological polar surface area (TPSA) is 72.2 Å². The van der Waals surface area contributed by atoms with Crippen LogP contribution in [0.25, 0.3) is 5.57 Å². The molecule has 1 aromatic rings. The molecule has 0 fully saturated rings. The SMILES string of the molecule is C=C/C(=C\C=C/C)c1ccc(C(=O)NCC(N)=O)cc1.CC.CC. The van der Waals surface area contributed by atoms with Gasteiger partial charge in [0.15, 0.2) is 0 Å². The fourth-order valence-electron chi connectivity index (χ4n) is 1.57. The standard InChI is InChI=1S/C16H18N2O2.2C2H6/c1-3-5-6-12(4-2)13-7-9-14(10-8-13)16(20)18-11-15(17)19;2*1-2/h3-10H,2,11H2,1H3,(H2,17,19)(H,18,20);2*1-2H3/b5-3-,12-6+;;. The number of amides is 2. The first-order valence-electron chi connectivity index (χ1n) is 8.21. The molecule has 4 nitrogen and oxygen atoms in total. The van der Waals surface area contributed by atoms with Gasteiger partial charge in [-0.1, -0.05) is 70.7 Å². The summed E-state index contributed by atoms with van der Waals surface area (Å²) in [7, 11) is 0. The van der Waals surface area contributed by atoms with Crippen LogP contribution >= 0.6 is 0 Å². The van der Waals surface area contributed by atoms with Crippen LogP contribution < -0.4 is 11.1 Å². The fraction of sp³-hybridized carbons (Fsp3) is 0.300. The molecule has 0 saturated carbocycles. The van der Waals surface area contributed by atoms with E-state index >= 15 is 0 Å². The molecule has 0 bridgehead atoms. The molecule has 0 radical (unpaired) electrons. The summed E-state index contributed by atoms with van der Waals surface area (Å²) in [4.78, 5) is 22.3. The molecule has 0 unspecified atom stereocenters. The average Bonchev–Trinajstić information content (AvgIpc) is 2.64. The zero-order valence-electron chi connectivity index (χ0n) is 15.4. The first-order chi connectivity index (χ1) is 11.6. The molecule has 24 heavy (non-hydrogen) atoms. The van der Waals surface area contributed by atoms with Gasteiger partial charge in [-0.25, -0.2) is 0 Å². The molecule has 0 aliphatic heterocycles. The van der Waals surface area contributed by atoms with Crippen molar-refractivity contribution in [3.63, 3.8) is 0 Å². The summed E-state index contributed by atoms with van der Waals surface area (Å²) >= 11 is 0. The molecule has 0 aliphatic rings. The molecule has 0 saturated heterocycles. The minimum atomic E-state index is -0.571. The van der Waals surface area contributed by atoms with Crippen LogP contribution in [0.2, 0.25) is 0 Å². The van der Waals surface area contributed by atoms with Crippen LogP contribution in [0.5, 0.6) is 0 Å². The van der Waals surface area contributed by atoms with E-state index in [0.29, 0.717) is 5.56 Å². The minimum Gasteiger partial charge on any atom is -0.368 e. The predicted octanol–water partition coefficient (Wildman–Crippen LogP) is 4.10. The molecule has 1 aromatic carbocycles. The zero-order chi connectivity index (χ0) is 19.0. The summed E-state index contributed by atoms with van der Waals surface area (Å²) in [5.41, 5.74) is 7.37. The number of allylic oxidation sites excluding steroid dienone is 5. The highest BCUT2D eigenvalue weighted by molar-refractivity contribution is 5.96. The lowest BCUT2D eigenvalue weighted by atomic mass is 10.0. The van der Waals surface area contributed by atoms with E-state index in [1.54, 1.807) is 18.2 Å². The third-order valence-electron chi connectivity index (χ3n) is 2.59. The van der Waals surface area contributed by atoms with Crippen LogP contribution in [0.3, 0.4) is 0 Å². The van der Waals surface area contributed by atoms with E-state index in [0.717, 1.165) is 11.1 Å². The van der Waals surface area contributed by atoms with E-state index in [1.165, 1.54) is 0 Å². The van der Waals surface area contributed by atoms with Crippen molar-refractivity contribution < 1.29 is 9.59 Å². The summed E-state index contributed by atoms with van der Waals surface area (Å²) in [6, 6.07) is 7.05. The molecular weight excluding hydrogens is 300 g/mol. The van der Waals surface area contributed by atoms with Gasteiger partial charge in [0.2, 0.25) is 5.91 Å². The van der Waals surface area contributed by atoms with E-state index in [4.69, 9.17) is 5.73 Å². The number of hydrogen-bond donors (Lipinski definition) is 2. The molecule has 1 rings (SSSR count). The van der Waals surface area contributed by atoms with Gasteiger partial charge in [0, 0.05) is 5.56 Å². The Kier molecular flexibility index (Phi) is 15.1. The van der Waals surface area contributed by atoms with E-state index in [1.807, 2.05) is 65.0 Å². The van der Waals surface area contributed by atoms with Crippen molar-refractivity contribution in [2.24, 2.45) is 5.73 Å². The Morgan fingerprint density at radius 3 is 2.00 bits per heavy atom. The van der Waals surface area contributed by atoms with Crippen molar-refractivity contribution in [1.29, 1.82) is 0 Å². The summed E-state index contributed by atoms with van der Waals surface area (Å²) < 4.78 is 0. The fourth-order valence-corrected chi connectivity index (χ4v) is 1.57. The summed E-state index contributed by atoms with van der Waals surface area (Å²) in [5.74, 6) is -0.897. The molecule has 2 amide bonds. The molecule has 0 aliphatic carbocycles. The van der Waals surface area contributed by atoms with Crippen molar-refractivity contribution in [2.45, 2.75) is 34.6 Å². The van der Waals surface area contributed by atoms with Gasteiger partial charge >= 0.3 is 0 Å². The first-order valence-corrected chi connectivity index (χ1v) is 8.21. The highest BCUT2D eigenvalue weighted by atomic mass is 16.2. The second-order valence-electron chi connectivity index (χ2n) is 4.08. The molecule has 0 heterocycles. The van der Waals surface area contributed by atoms with Crippen LogP contribution in [-0.2, 0) is 4.79 Å². The van der Waals surface area contributed by atoms with Gasteiger partial charge in [0.25, 0.3) is 5.91 Å². The molecule has 0 spiro atoms. The van der Waals surface area contributed by atoms with E-state index in [-0.39, 0.29) is 12.5 Å². The van der Waals surface area contributed by atoms with Gasteiger partial charge in [-0.15, -0.1) is 0 Å². The van der Waals surface area contributed by atoms with Crippen LogP contribution in [0, 0.1) is 0 Å². The summed E-state index contributed by atoms with van der Waals surface area (Å²) in [6.45, 7) is 13.5. The molecule has 0 aromatic heterocycles. The van der Waals surface area contributed by atoms with Crippen molar-refractivity contribution >= 4 is 17.4 Å². The van der Waals surface area contributed by atoms with Crippen LogP contribution in [0.4, 0.5) is 0 Å². The second kappa shape index (κ2) is 15.3. The Morgan fingerprint density at radius 1 is 1.08 bits per heavy atom. The Bertz CT molecular complexity index is 556. The Morgan fingerprint density at radius 2 is 1.58 bits per heavy atom.